The van der Waals surface area contributed by atoms with Crippen LogP contribution in [-0.2, 0) is 9.53 Å². The van der Waals surface area contributed by atoms with Crippen molar-refractivity contribution in [2.45, 2.75) is 6.04 Å². The Morgan fingerprint density at radius 1 is 1.29 bits per heavy atom. The van der Waals surface area contributed by atoms with Crippen molar-refractivity contribution in [2.75, 3.05) is 27.1 Å². The Bertz CT molecular complexity index is 586. The van der Waals surface area contributed by atoms with E-state index in [0.29, 0.717) is 11.3 Å². The maximum Gasteiger partial charge on any atom is 0.338 e. The molecule has 0 aliphatic carbocycles. The highest BCUT2D eigenvalue weighted by Crippen LogP contribution is 2.36. The largest absolute Gasteiger partial charge is 0.466 e. The van der Waals surface area contributed by atoms with Crippen molar-refractivity contribution < 1.29 is 14.3 Å². The van der Waals surface area contributed by atoms with Crippen LogP contribution in [0.15, 0.2) is 41.6 Å². The predicted octanol–water partition coefficient (Wildman–Crippen LogP) is 2.39. The Hall–Kier alpha value is -2.01. The zero-order chi connectivity index (χ0) is 15.6. The average Bonchev–Trinajstić information content (AvgIpc) is 2.52. The highest BCUT2D eigenvalue weighted by molar-refractivity contribution is 6.20. The van der Waals surface area contributed by atoms with Crippen molar-refractivity contribution in [3.8, 4) is 0 Å². The van der Waals surface area contributed by atoms with E-state index in [4.69, 9.17) is 16.3 Å². The number of esters is 1. The lowest BCUT2D eigenvalue weighted by Crippen LogP contribution is -2.48. The van der Waals surface area contributed by atoms with Crippen molar-refractivity contribution in [1.29, 1.82) is 0 Å². The van der Waals surface area contributed by atoms with Gasteiger partial charge >= 0.3 is 12.0 Å². The molecule has 0 spiro atoms. The average molecular weight is 309 g/mol. The van der Waals surface area contributed by atoms with E-state index in [1.165, 1.54) is 16.9 Å². The number of carbonyl (C=O) groups excluding carboxylic acids is 2. The highest BCUT2D eigenvalue weighted by Gasteiger charge is 2.39. The van der Waals surface area contributed by atoms with Crippen LogP contribution in [0, 0.1) is 0 Å². The number of ether oxygens (including phenoxy) is 1. The summed E-state index contributed by atoms with van der Waals surface area (Å²) < 4.78 is 4.89. The molecular formula is C15H17ClN2O3. The van der Waals surface area contributed by atoms with Crippen LogP contribution in [0.25, 0.3) is 0 Å². The van der Waals surface area contributed by atoms with Crippen LogP contribution in [0.2, 0.25) is 0 Å². The molecule has 5 nitrogen and oxygen atoms in total. The van der Waals surface area contributed by atoms with Gasteiger partial charge in [0.1, 0.15) is 0 Å². The highest BCUT2D eigenvalue weighted by atomic mass is 35.5. The van der Waals surface area contributed by atoms with E-state index in [-0.39, 0.29) is 11.9 Å². The second-order valence-electron chi connectivity index (χ2n) is 4.75. The van der Waals surface area contributed by atoms with Crippen LogP contribution in [0.4, 0.5) is 4.79 Å². The fraction of sp³-hybridized carbons (Fsp3) is 0.333. The van der Waals surface area contributed by atoms with E-state index in [9.17, 15) is 9.59 Å². The minimum Gasteiger partial charge on any atom is -0.466 e. The summed E-state index contributed by atoms with van der Waals surface area (Å²) in [5.41, 5.74) is 1.70. The molecule has 21 heavy (non-hydrogen) atoms. The Kier molecular flexibility index (Phi) is 4.53. The summed E-state index contributed by atoms with van der Waals surface area (Å²) in [6.45, 7) is 0. The number of rotatable bonds is 3. The molecule has 2 rings (SSSR count). The first-order valence-corrected chi connectivity index (χ1v) is 6.99. The fourth-order valence-corrected chi connectivity index (χ4v) is 2.84. The third-order valence-electron chi connectivity index (χ3n) is 3.61. The van der Waals surface area contributed by atoms with Gasteiger partial charge in [0.05, 0.1) is 24.6 Å². The van der Waals surface area contributed by atoms with E-state index < -0.39 is 12.0 Å². The van der Waals surface area contributed by atoms with Crippen LogP contribution >= 0.6 is 11.6 Å². The Balaban J connectivity index is 2.65. The summed E-state index contributed by atoms with van der Waals surface area (Å²) >= 11 is 5.96. The fourth-order valence-electron chi connectivity index (χ4n) is 2.52. The van der Waals surface area contributed by atoms with E-state index in [1.54, 1.807) is 14.1 Å². The number of amides is 2. The molecule has 1 aromatic carbocycles. The van der Waals surface area contributed by atoms with Crippen LogP contribution in [0.3, 0.4) is 0 Å². The zero-order valence-corrected chi connectivity index (χ0v) is 12.9. The molecule has 6 heteroatoms. The van der Waals surface area contributed by atoms with Gasteiger partial charge in [-0.3, -0.25) is 4.90 Å². The van der Waals surface area contributed by atoms with Crippen LogP contribution < -0.4 is 0 Å². The number of hydrogen-bond acceptors (Lipinski definition) is 3. The summed E-state index contributed by atoms with van der Waals surface area (Å²) in [6, 6.07) is 8.62. The van der Waals surface area contributed by atoms with Crippen molar-refractivity contribution in [2.24, 2.45) is 0 Å². The van der Waals surface area contributed by atoms with E-state index in [2.05, 4.69) is 0 Å². The van der Waals surface area contributed by atoms with Gasteiger partial charge in [-0.15, -0.1) is 11.6 Å². The zero-order valence-electron chi connectivity index (χ0n) is 12.2. The molecule has 0 N–H and O–H groups in total. The van der Waals surface area contributed by atoms with Crippen molar-refractivity contribution in [1.82, 2.24) is 9.80 Å². The molecule has 1 unspecified atom stereocenters. The Labute approximate surface area is 128 Å². The number of methoxy groups -OCH3 is 1. The third-order valence-corrected chi connectivity index (χ3v) is 3.87. The molecule has 112 valence electrons. The minimum absolute atomic E-state index is 0.0594. The lowest BCUT2D eigenvalue weighted by Gasteiger charge is -2.39. The molecule has 0 fully saturated rings. The maximum absolute atomic E-state index is 12.3. The summed E-state index contributed by atoms with van der Waals surface area (Å²) in [4.78, 5) is 27.5. The first-order chi connectivity index (χ1) is 10.0. The number of allylic oxidation sites excluding steroid dienone is 1. The van der Waals surface area contributed by atoms with Crippen molar-refractivity contribution in [3.05, 3.63) is 47.2 Å². The molecule has 0 bridgehead atoms. The number of urea groups is 1. The quantitative estimate of drug-likeness (QED) is 0.636. The topological polar surface area (TPSA) is 49.9 Å². The first-order valence-electron chi connectivity index (χ1n) is 6.45. The summed E-state index contributed by atoms with van der Waals surface area (Å²) in [7, 11) is 4.57. The molecule has 1 aromatic rings. The van der Waals surface area contributed by atoms with Gasteiger partial charge in [0.25, 0.3) is 0 Å². The molecular weight excluding hydrogens is 292 g/mol. The maximum atomic E-state index is 12.3. The summed E-state index contributed by atoms with van der Waals surface area (Å²) in [5, 5.41) is 0. The van der Waals surface area contributed by atoms with Gasteiger partial charge < -0.3 is 9.64 Å². The van der Waals surface area contributed by atoms with E-state index in [0.717, 1.165) is 5.56 Å². The monoisotopic (exact) mass is 308 g/mol. The van der Waals surface area contributed by atoms with Crippen LogP contribution in [-0.4, -0.2) is 48.9 Å². The molecule has 1 heterocycles. The number of likely N-dealkylation sites (N-methyl/N-ethyl adjacent to an activating group) is 1. The van der Waals surface area contributed by atoms with Gasteiger partial charge in [-0.1, -0.05) is 30.3 Å². The van der Waals surface area contributed by atoms with Gasteiger partial charge in [-0.2, -0.15) is 0 Å². The molecule has 0 radical (unpaired) electrons. The number of alkyl halides is 1. The molecule has 0 saturated carbocycles. The SMILES string of the molecule is COC(=O)C1=C(CCl)N(C)C(=O)N(C)C1c1ccccc1. The number of nitrogens with zero attached hydrogens (tertiary/aromatic N) is 2. The second kappa shape index (κ2) is 6.18. The molecule has 1 aliphatic heterocycles. The second-order valence-corrected chi connectivity index (χ2v) is 5.02. The predicted molar refractivity (Wildman–Crippen MR) is 79.9 cm³/mol. The normalized spacial score (nSPS) is 19.0. The van der Waals surface area contributed by atoms with Gasteiger partial charge in [0, 0.05) is 19.8 Å². The van der Waals surface area contributed by atoms with Crippen LogP contribution in [0.1, 0.15) is 11.6 Å². The van der Waals surface area contributed by atoms with Gasteiger partial charge in [-0.25, -0.2) is 9.59 Å². The standard InChI is InChI=1S/C15H17ClN2O3/c1-17-11(9-16)12(14(19)21-3)13(18(2)15(17)20)10-7-5-4-6-8-10/h4-8,13H,9H2,1-3H3. The number of halogens is 1. The Morgan fingerprint density at radius 3 is 2.43 bits per heavy atom. The molecule has 2 amide bonds. The number of benzene rings is 1. The lowest BCUT2D eigenvalue weighted by molar-refractivity contribution is -0.137. The first kappa shape index (κ1) is 15.4. The molecule has 0 aromatic heterocycles. The van der Waals surface area contributed by atoms with Crippen molar-refractivity contribution >= 4 is 23.6 Å². The number of hydrogen-bond donors (Lipinski definition) is 0. The lowest BCUT2D eigenvalue weighted by atomic mass is 9.94. The minimum atomic E-state index is -0.504. The Morgan fingerprint density at radius 2 is 1.90 bits per heavy atom. The summed E-state index contributed by atoms with van der Waals surface area (Å²) in [5.74, 6) is -0.421. The summed E-state index contributed by atoms with van der Waals surface area (Å²) in [6.07, 6.45) is 0. The molecule has 1 atom stereocenters. The van der Waals surface area contributed by atoms with Gasteiger partial charge in [0.2, 0.25) is 0 Å². The smallest absolute Gasteiger partial charge is 0.338 e. The third kappa shape index (κ3) is 2.61. The van der Waals surface area contributed by atoms with Crippen LogP contribution in [0.5, 0.6) is 0 Å². The van der Waals surface area contributed by atoms with Gasteiger partial charge in [-0.05, 0) is 5.56 Å². The number of carbonyl (C=O) groups is 2. The van der Waals surface area contributed by atoms with Crippen molar-refractivity contribution in [3.63, 3.8) is 0 Å². The molecule has 1 aliphatic rings. The molecule has 0 saturated heterocycles. The van der Waals surface area contributed by atoms with E-state index >= 15 is 0 Å². The van der Waals surface area contributed by atoms with E-state index in [1.807, 2.05) is 30.3 Å². The van der Waals surface area contributed by atoms with Gasteiger partial charge in [0.15, 0.2) is 0 Å².